The lowest BCUT2D eigenvalue weighted by molar-refractivity contribution is 0.0734. The van der Waals surface area contributed by atoms with Gasteiger partial charge in [0, 0.05) is 0 Å². The molecule has 0 aliphatic heterocycles. The van der Waals surface area contributed by atoms with Gasteiger partial charge in [-0.3, -0.25) is 0 Å². The van der Waals surface area contributed by atoms with Gasteiger partial charge >= 0.3 is 5.97 Å². The molecule has 0 N–H and O–H groups in total. The fourth-order valence-corrected chi connectivity index (χ4v) is 1.43. The average molecular weight is 246 g/mol. The van der Waals surface area contributed by atoms with Crippen LogP contribution in [0.4, 0.5) is 4.39 Å². The molecule has 3 nitrogen and oxygen atoms in total. The Labute approximate surface area is 104 Å². The minimum atomic E-state index is -0.598. The second-order valence-electron chi connectivity index (χ2n) is 3.58. The van der Waals surface area contributed by atoms with E-state index < -0.39 is 11.8 Å². The van der Waals surface area contributed by atoms with Crippen LogP contribution in [0.5, 0.6) is 11.5 Å². The molecule has 0 saturated heterocycles. The highest BCUT2D eigenvalue weighted by atomic mass is 19.1. The van der Waals surface area contributed by atoms with E-state index in [0.29, 0.717) is 11.5 Å². The van der Waals surface area contributed by atoms with E-state index in [-0.39, 0.29) is 5.56 Å². The Morgan fingerprint density at radius 1 is 1.06 bits per heavy atom. The Hall–Kier alpha value is -2.36. The molecule has 92 valence electrons. The Morgan fingerprint density at radius 3 is 2.33 bits per heavy atom. The van der Waals surface area contributed by atoms with Gasteiger partial charge in [-0.05, 0) is 42.5 Å². The molecule has 4 heteroatoms. The lowest BCUT2D eigenvalue weighted by Gasteiger charge is -2.05. The van der Waals surface area contributed by atoms with Crippen LogP contribution >= 0.6 is 0 Å². The van der Waals surface area contributed by atoms with Crippen LogP contribution < -0.4 is 9.47 Å². The van der Waals surface area contributed by atoms with E-state index >= 15 is 0 Å². The zero-order valence-electron chi connectivity index (χ0n) is 9.72. The van der Waals surface area contributed by atoms with Crippen LogP contribution in [0, 0.1) is 5.82 Å². The van der Waals surface area contributed by atoms with Crippen molar-refractivity contribution in [3.63, 3.8) is 0 Å². The third kappa shape index (κ3) is 2.85. The molecule has 0 fully saturated rings. The Morgan fingerprint density at radius 2 is 1.72 bits per heavy atom. The van der Waals surface area contributed by atoms with Gasteiger partial charge in [0.05, 0.1) is 12.7 Å². The number of carbonyl (C=O) groups excluding carboxylic acids is 1. The highest BCUT2D eigenvalue weighted by Crippen LogP contribution is 2.18. The minimum absolute atomic E-state index is 0.172. The molecule has 0 amide bonds. The topological polar surface area (TPSA) is 35.5 Å². The summed E-state index contributed by atoms with van der Waals surface area (Å²) >= 11 is 0. The van der Waals surface area contributed by atoms with Gasteiger partial charge in [0.1, 0.15) is 17.3 Å². The smallest absolute Gasteiger partial charge is 0.343 e. The monoisotopic (exact) mass is 246 g/mol. The van der Waals surface area contributed by atoms with Crippen molar-refractivity contribution in [2.45, 2.75) is 0 Å². The van der Waals surface area contributed by atoms with Gasteiger partial charge in [-0.2, -0.15) is 0 Å². The molecule has 0 unspecified atom stereocenters. The minimum Gasteiger partial charge on any atom is -0.497 e. The standard InChI is InChI=1S/C14H11FO3/c1-17-12-5-7-13(8-6-12)18-14(16)10-3-2-4-11(15)9-10/h2-9H,1H3. The van der Waals surface area contributed by atoms with Crippen LogP contribution in [-0.2, 0) is 0 Å². The van der Waals surface area contributed by atoms with Crippen LogP contribution in [0.1, 0.15) is 10.4 Å². The molecule has 0 radical (unpaired) electrons. The quantitative estimate of drug-likeness (QED) is 0.616. The van der Waals surface area contributed by atoms with Crippen LogP contribution in [-0.4, -0.2) is 13.1 Å². The average Bonchev–Trinajstić information content (AvgIpc) is 2.39. The second kappa shape index (κ2) is 5.31. The maximum Gasteiger partial charge on any atom is 0.343 e. The molecule has 0 bridgehead atoms. The SMILES string of the molecule is COc1ccc(OC(=O)c2cccc(F)c2)cc1. The zero-order valence-corrected chi connectivity index (χ0v) is 9.72. The summed E-state index contributed by atoms with van der Waals surface area (Å²) in [6.45, 7) is 0. The molecule has 0 aliphatic rings. The molecule has 0 saturated carbocycles. The molecule has 0 aromatic heterocycles. The van der Waals surface area contributed by atoms with Gasteiger partial charge in [0.15, 0.2) is 0 Å². The first-order chi connectivity index (χ1) is 8.69. The molecular formula is C14H11FO3. The lowest BCUT2D eigenvalue weighted by Crippen LogP contribution is -2.08. The van der Waals surface area contributed by atoms with Crippen molar-refractivity contribution < 1.29 is 18.7 Å². The third-order valence-corrected chi connectivity index (χ3v) is 2.33. The van der Waals surface area contributed by atoms with Gasteiger partial charge < -0.3 is 9.47 Å². The molecule has 2 rings (SSSR count). The maximum atomic E-state index is 12.9. The van der Waals surface area contributed by atoms with E-state index in [1.807, 2.05) is 0 Å². The summed E-state index contributed by atoms with van der Waals surface area (Å²) in [4.78, 5) is 11.7. The Bertz CT molecular complexity index is 549. The molecule has 0 spiro atoms. The van der Waals surface area contributed by atoms with E-state index in [0.717, 1.165) is 6.07 Å². The first-order valence-corrected chi connectivity index (χ1v) is 5.31. The number of hydrogen-bond donors (Lipinski definition) is 0. The largest absolute Gasteiger partial charge is 0.497 e. The summed E-state index contributed by atoms with van der Waals surface area (Å²) in [6, 6.07) is 11.9. The van der Waals surface area contributed by atoms with Crippen molar-refractivity contribution in [2.75, 3.05) is 7.11 Å². The zero-order chi connectivity index (χ0) is 13.0. The number of ether oxygens (including phenoxy) is 2. The van der Waals surface area contributed by atoms with Crippen LogP contribution in [0.3, 0.4) is 0 Å². The van der Waals surface area contributed by atoms with Crippen molar-refractivity contribution in [3.8, 4) is 11.5 Å². The first-order valence-electron chi connectivity index (χ1n) is 5.31. The number of benzene rings is 2. The molecule has 18 heavy (non-hydrogen) atoms. The molecule has 2 aromatic carbocycles. The number of carbonyl (C=O) groups is 1. The number of methoxy groups -OCH3 is 1. The number of hydrogen-bond acceptors (Lipinski definition) is 3. The van der Waals surface area contributed by atoms with E-state index in [4.69, 9.17) is 9.47 Å². The lowest BCUT2D eigenvalue weighted by atomic mass is 10.2. The summed E-state index contributed by atoms with van der Waals surface area (Å²) in [5.74, 6) is -0.0236. The summed E-state index contributed by atoms with van der Waals surface area (Å²) in [5.41, 5.74) is 0.172. The second-order valence-corrected chi connectivity index (χ2v) is 3.58. The summed E-state index contributed by atoms with van der Waals surface area (Å²) in [5, 5.41) is 0. The molecular weight excluding hydrogens is 235 g/mol. The molecule has 0 atom stereocenters. The van der Waals surface area contributed by atoms with Crippen LogP contribution in [0.2, 0.25) is 0 Å². The van der Waals surface area contributed by atoms with E-state index in [1.54, 1.807) is 31.4 Å². The van der Waals surface area contributed by atoms with Crippen LogP contribution in [0.15, 0.2) is 48.5 Å². The molecule has 0 heterocycles. The number of esters is 1. The summed E-state index contributed by atoms with van der Waals surface area (Å²) < 4.78 is 23.0. The van der Waals surface area contributed by atoms with Gasteiger partial charge in [0.2, 0.25) is 0 Å². The van der Waals surface area contributed by atoms with Crippen molar-refractivity contribution in [2.24, 2.45) is 0 Å². The number of halogens is 1. The van der Waals surface area contributed by atoms with Crippen molar-refractivity contribution in [1.29, 1.82) is 0 Å². The Kier molecular flexibility index (Phi) is 3.57. The van der Waals surface area contributed by atoms with E-state index in [1.165, 1.54) is 18.2 Å². The highest BCUT2D eigenvalue weighted by molar-refractivity contribution is 5.91. The molecule has 2 aromatic rings. The number of rotatable bonds is 3. The summed E-state index contributed by atoms with van der Waals surface area (Å²) in [6.07, 6.45) is 0. The predicted octanol–water partition coefficient (Wildman–Crippen LogP) is 3.05. The van der Waals surface area contributed by atoms with E-state index in [2.05, 4.69) is 0 Å². The van der Waals surface area contributed by atoms with Gasteiger partial charge in [-0.25, -0.2) is 9.18 Å². The fourth-order valence-electron chi connectivity index (χ4n) is 1.43. The highest BCUT2D eigenvalue weighted by Gasteiger charge is 2.09. The van der Waals surface area contributed by atoms with Crippen molar-refractivity contribution in [3.05, 3.63) is 59.9 Å². The van der Waals surface area contributed by atoms with Crippen LogP contribution in [0.25, 0.3) is 0 Å². The van der Waals surface area contributed by atoms with Crippen molar-refractivity contribution in [1.82, 2.24) is 0 Å². The third-order valence-electron chi connectivity index (χ3n) is 2.33. The predicted molar refractivity (Wildman–Crippen MR) is 64.4 cm³/mol. The normalized spacial score (nSPS) is 9.89. The van der Waals surface area contributed by atoms with E-state index in [9.17, 15) is 9.18 Å². The Balaban J connectivity index is 2.11. The first kappa shape index (κ1) is 12.1. The molecule has 0 aliphatic carbocycles. The summed E-state index contributed by atoms with van der Waals surface area (Å²) in [7, 11) is 1.55. The van der Waals surface area contributed by atoms with Gasteiger partial charge in [-0.1, -0.05) is 6.07 Å². The van der Waals surface area contributed by atoms with Crippen molar-refractivity contribution >= 4 is 5.97 Å². The fraction of sp³-hybridized carbons (Fsp3) is 0.0714. The van der Waals surface area contributed by atoms with Gasteiger partial charge in [0.25, 0.3) is 0 Å². The van der Waals surface area contributed by atoms with Gasteiger partial charge in [-0.15, -0.1) is 0 Å². The maximum absolute atomic E-state index is 12.9.